The lowest BCUT2D eigenvalue weighted by Crippen LogP contribution is -2.29. The molecule has 5 nitrogen and oxygen atoms in total. The highest BCUT2D eigenvalue weighted by Crippen LogP contribution is 2.26. The van der Waals surface area contributed by atoms with E-state index in [1.165, 1.54) is 0 Å². The Balaban J connectivity index is 1.79. The van der Waals surface area contributed by atoms with Gasteiger partial charge in [0.15, 0.2) is 0 Å². The Morgan fingerprint density at radius 2 is 1.83 bits per heavy atom. The van der Waals surface area contributed by atoms with Crippen LogP contribution in [0.4, 0.5) is 5.69 Å². The Labute approximate surface area is 140 Å². The molecule has 0 heterocycles. The Bertz CT molecular complexity index is 659. The van der Waals surface area contributed by atoms with Gasteiger partial charge in [-0.15, -0.1) is 0 Å². The van der Waals surface area contributed by atoms with E-state index in [0.717, 1.165) is 17.0 Å². The minimum Gasteiger partial charge on any atom is -0.497 e. The summed E-state index contributed by atoms with van der Waals surface area (Å²) in [4.78, 5) is 11.9. The molecule has 0 aromatic heterocycles. The molecule has 2 N–H and O–H groups in total. The number of methoxy groups -OCH3 is 2. The third-order valence-electron chi connectivity index (χ3n) is 3.25. The molecule has 0 fully saturated rings. The Kier molecular flexibility index (Phi) is 6.11. The summed E-state index contributed by atoms with van der Waals surface area (Å²) in [5.74, 6) is 1.28. The second-order valence-electron chi connectivity index (χ2n) is 4.83. The molecule has 0 radical (unpaired) electrons. The van der Waals surface area contributed by atoms with Crippen molar-refractivity contribution < 1.29 is 14.3 Å². The summed E-state index contributed by atoms with van der Waals surface area (Å²) in [5.41, 5.74) is 1.77. The maximum atomic E-state index is 11.9. The van der Waals surface area contributed by atoms with Crippen LogP contribution in [0.5, 0.6) is 11.5 Å². The van der Waals surface area contributed by atoms with Gasteiger partial charge >= 0.3 is 0 Å². The Morgan fingerprint density at radius 1 is 1.09 bits per heavy atom. The molecule has 0 saturated heterocycles. The molecule has 6 heteroatoms. The Morgan fingerprint density at radius 3 is 2.43 bits per heavy atom. The first-order valence-corrected chi connectivity index (χ1v) is 7.47. The quantitative estimate of drug-likeness (QED) is 0.817. The second-order valence-corrected chi connectivity index (χ2v) is 5.23. The van der Waals surface area contributed by atoms with Crippen LogP contribution < -0.4 is 20.1 Å². The summed E-state index contributed by atoms with van der Waals surface area (Å²) in [6, 6.07) is 12.8. The van der Waals surface area contributed by atoms with Crippen molar-refractivity contribution >= 4 is 23.2 Å². The summed E-state index contributed by atoms with van der Waals surface area (Å²) < 4.78 is 10.2. The monoisotopic (exact) mass is 334 g/mol. The number of hydrogen-bond acceptors (Lipinski definition) is 4. The number of amides is 1. The van der Waals surface area contributed by atoms with Gasteiger partial charge in [-0.3, -0.25) is 4.79 Å². The normalized spacial score (nSPS) is 10.0. The average molecular weight is 335 g/mol. The van der Waals surface area contributed by atoms with Gasteiger partial charge in [0, 0.05) is 12.2 Å². The van der Waals surface area contributed by atoms with Crippen LogP contribution in [0, 0.1) is 0 Å². The van der Waals surface area contributed by atoms with Gasteiger partial charge in [0.05, 0.1) is 25.8 Å². The van der Waals surface area contributed by atoms with Gasteiger partial charge in [0.1, 0.15) is 11.5 Å². The zero-order valence-corrected chi connectivity index (χ0v) is 13.8. The number of rotatable bonds is 7. The largest absolute Gasteiger partial charge is 0.497 e. The van der Waals surface area contributed by atoms with Crippen molar-refractivity contribution in [3.8, 4) is 11.5 Å². The Hall–Kier alpha value is -2.40. The van der Waals surface area contributed by atoms with Crippen LogP contribution in [0.2, 0.25) is 5.02 Å². The fourth-order valence-corrected chi connectivity index (χ4v) is 2.22. The maximum absolute atomic E-state index is 11.9. The van der Waals surface area contributed by atoms with Gasteiger partial charge < -0.3 is 20.1 Å². The first-order chi connectivity index (χ1) is 11.1. The molecule has 0 unspecified atom stereocenters. The van der Waals surface area contributed by atoms with Gasteiger partial charge in [-0.25, -0.2) is 0 Å². The number of hydrogen-bond donors (Lipinski definition) is 2. The molecule has 2 rings (SSSR count). The smallest absolute Gasteiger partial charge is 0.239 e. The van der Waals surface area contributed by atoms with Gasteiger partial charge in [0.2, 0.25) is 5.91 Å². The predicted molar refractivity (Wildman–Crippen MR) is 91.3 cm³/mol. The number of ether oxygens (including phenoxy) is 2. The van der Waals surface area contributed by atoms with E-state index < -0.39 is 0 Å². The molecular weight excluding hydrogens is 316 g/mol. The van der Waals surface area contributed by atoms with E-state index in [0.29, 0.717) is 17.3 Å². The fourth-order valence-electron chi connectivity index (χ4n) is 1.97. The van der Waals surface area contributed by atoms with Crippen LogP contribution in [0.1, 0.15) is 5.56 Å². The lowest BCUT2D eigenvalue weighted by molar-refractivity contribution is -0.119. The van der Waals surface area contributed by atoms with Crippen LogP contribution in [-0.4, -0.2) is 26.7 Å². The first kappa shape index (κ1) is 17.0. The number of carbonyl (C=O) groups excluding carboxylic acids is 1. The molecule has 0 aliphatic heterocycles. The molecule has 0 atom stereocenters. The molecule has 122 valence electrons. The highest BCUT2D eigenvalue weighted by Gasteiger charge is 2.04. The molecule has 2 aromatic carbocycles. The summed E-state index contributed by atoms with van der Waals surface area (Å²) >= 11 is 6.03. The van der Waals surface area contributed by atoms with Gasteiger partial charge in [-0.05, 0) is 35.9 Å². The first-order valence-electron chi connectivity index (χ1n) is 7.09. The van der Waals surface area contributed by atoms with Crippen LogP contribution in [0.15, 0.2) is 42.5 Å². The van der Waals surface area contributed by atoms with Crippen LogP contribution in [0.25, 0.3) is 0 Å². The third-order valence-corrected chi connectivity index (χ3v) is 3.55. The molecule has 0 aliphatic rings. The molecule has 0 spiro atoms. The lowest BCUT2D eigenvalue weighted by Gasteiger charge is -2.10. The van der Waals surface area contributed by atoms with E-state index in [2.05, 4.69) is 10.6 Å². The van der Waals surface area contributed by atoms with Crippen molar-refractivity contribution in [2.45, 2.75) is 6.54 Å². The molecule has 1 amide bonds. The second kappa shape index (κ2) is 8.29. The van der Waals surface area contributed by atoms with E-state index in [1.54, 1.807) is 26.4 Å². The molecule has 0 saturated carbocycles. The predicted octanol–water partition coefficient (Wildman–Crippen LogP) is 3.09. The number of halogens is 1. The lowest BCUT2D eigenvalue weighted by atomic mass is 10.2. The van der Waals surface area contributed by atoms with Crippen molar-refractivity contribution in [1.82, 2.24) is 5.32 Å². The molecule has 23 heavy (non-hydrogen) atoms. The number of anilines is 1. The van der Waals surface area contributed by atoms with Gasteiger partial charge in [0.25, 0.3) is 0 Å². The highest BCUT2D eigenvalue weighted by atomic mass is 35.5. The van der Waals surface area contributed by atoms with Gasteiger partial charge in [-0.2, -0.15) is 0 Å². The van der Waals surface area contributed by atoms with Crippen LogP contribution >= 0.6 is 11.6 Å². The van der Waals surface area contributed by atoms with E-state index in [4.69, 9.17) is 21.1 Å². The molecule has 2 aromatic rings. The highest BCUT2D eigenvalue weighted by molar-refractivity contribution is 6.32. The summed E-state index contributed by atoms with van der Waals surface area (Å²) in [7, 11) is 3.18. The molecular formula is C17H19ClN2O3. The van der Waals surface area contributed by atoms with E-state index >= 15 is 0 Å². The van der Waals surface area contributed by atoms with Crippen molar-refractivity contribution in [3.63, 3.8) is 0 Å². The number of nitrogens with one attached hydrogen (secondary N) is 2. The summed E-state index contributed by atoms with van der Waals surface area (Å²) in [6.07, 6.45) is 0. The summed E-state index contributed by atoms with van der Waals surface area (Å²) in [6.45, 7) is 0.632. The van der Waals surface area contributed by atoms with Crippen molar-refractivity contribution in [3.05, 3.63) is 53.1 Å². The van der Waals surface area contributed by atoms with Crippen molar-refractivity contribution in [2.24, 2.45) is 0 Å². The number of benzene rings is 2. The SMILES string of the molecule is COc1ccc(CNC(=O)CNc2ccc(OC)c(Cl)c2)cc1. The number of carbonyl (C=O) groups is 1. The molecule has 0 aliphatic carbocycles. The van der Waals surface area contributed by atoms with Gasteiger partial charge in [-0.1, -0.05) is 23.7 Å². The van der Waals surface area contributed by atoms with E-state index in [1.807, 2.05) is 30.3 Å². The van der Waals surface area contributed by atoms with Crippen molar-refractivity contribution in [2.75, 3.05) is 26.1 Å². The third kappa shape index (κ3) is 5.07. The van der Waals surface area contributed by atoms with E-state index in [9.17, 15) is 4.79 Å². The maximum Gasteiger partial charge on any atom is 0.239 e. The summed E-state index contributed by atoms with van der Waals surface area (Å²) in [5, 5.41) is 6.36. The standard InChI is InChI=1S/C17H19ClN2O3/c1-22-14-6-3-12(4-7-14)10-20-17(21)11-19-13-5-8-16(23-2)15(18)9-13/h3-9,19H,10-11H2,1-2H3,(H,20,21). The fraction of sp³-hybridized carbons (Fsp3) is 0.235. The van der Waals surface area contributed by atoms with Crippen LogP contribution in [-0.2, 0) is 11.3 Å². The van der Waals surface area contributed by atoms with Crippen molar-refractivity contribution in [1.29, 1.82) is 0 Å². The minimum atomic E-state index is -0.104. The average Bonchev–Trinajstić information content (AvgIpc) is 2.58. The van der Waals surface area contributed by atoms with Crippen LogP contribution in [0.3, 0.4) is 0 Å². The van der Waals surface area contributed by atoms with E-state index in [-0.39, 0.29) is 12.5 Å². The topological polar surface area (TPSA) is 59.6 Å². The zero-order chi connectivity index (χ0) is 16.7. The zero-order valence-electron chi connectivity index (χ0n) is 13.1. The minimum absolute atomic E-state index is 0.104. The molecule has 0 bridgehead atoms.